The van der Waals surface area contributed by atoms with Crippen LogP contribution in [0.3, 0.4) is 0 Å². The van der Waals surface area contributed by atoms with Crippen LogP contribution in [0.5, 0.6) is 0 Å². The van der Waals surface area contributed by atoms with Crippen LogP contribution in [0.25, 0.3) is 10.8 Å². The highest BCUT2D eigenvalue weighted by molar-refractivity contribution is 7.93. The summed E-state index contributed by atoms with van der Waals surface area (Å²) in [6, 6.07) is 14.6. The molecule has 0 atom stereocenters. The van der Waals surface area contributed by atoms with Crippen molar-refractivity contribution in [3.8, 4) is 0 Å². The Kier molecular flexibility index (Phi) is 11.3. The molecule has 0 amide bonds. The van der Waals surface area contributed by atoms with Crippen molar-refractivity contribution in [3.05, 3.63) is 71.5 Å². The number of nitrogen functional groups attached to an aromatic ring is 1. The van der Waals surface area contributed by atoms with E-state index in [1.54, 1.807) is 43.3 Å². The molecule has 222 valence electrons. The first-order valence-electron chi connectivity index (χ1n) is 12.4. The van der Waals surface area contributed by atoms with Gasteiger partial charge in [-0.3, -0.25) is 19.9 Å². The molecule has 5 N–H and O–H groups in total. The first kappa shape index (κ1) is 33.6. The molecule has 3 aromatic carbocycles. The van der Waals surface area contributed by atoms with E-state index in [0.29, 0.717) is 48.8 Å². The molecule has 1 aliphatic heterocycles. The lowest BCUT2D eigenvalue weighted by Crippen LogP contribution is -2.35. The van der Waals surface area contributed by atoms with Gasteiger partial charge in [-0.15, -0.1) is 24.8 Å². The van der Waals surface area contributed by atoms with E-state index < -0.39 is 27.6 Å². The highest BCUT2D eigenvalue weighted by Gasteiger charge is 2.27. The second kappa shape index (κ2) is 13.8. The number of hydrogen-bond donors (Lipinski definition) is 4. The minimum Gasteiger partial charge on any atom is -0.480 e. The number of carbonyl (C=O) groups is 1. The summed E-state index contributed by atoms with van der Waals surface area (Å²) in [7, 11) is -4.36. The number of sulfonamides is 1. The van der Waals surface area contributed by atoms with Crippen molar-refractivity contribution in [1.29, 1.82) is 10.8 Å². The first-order valence-corrected chi connectivity index (χ1v) is 14.0. The summed E-state index contributed by atoms with van der Waals surface area (Å²) >= 11 is 0. The molecule has 0 aliphatic carbocycles. The van der Waals surface area contributed by atoms with Gasteiger partial charge < -0.3 is 20.6 Å². The quantitative estimate of drug-likeness (QED) is 0.217. The third-order valence-corrected chi connectivity index (χ3v) is 8.34. The monoisotopic (exact) mass is 626 g/mol. The van der Waals surface area contributed by atoms with Crippen LogP contribution in [-0.2, 0) is 21.4 Å². The van der Waals surface area contributed by atoms with Gasteiger partial charge in [0.1, 0.15) is 11.7 Å². The molecule has 10 nitrogen and oxygen atoms in total. The van der Waals surface area contributed by atoms with Crippen molar-refractivity contribution in [3.63, 3.8) is 0 Å². The SMILES string of the molecule is CC(=N)N1CCCN(c2ccc(N(Cc3ccc4ccc(C(=N)N)cc4c3)S(=O)(=O)CC(=O)O)cc2F)CC1.Cl.Cl. The van der Waals surface area contributed by atoms with Gasteiger partial charge >= 0.3 is 5.97 Å². The fraction of sp³-hybridized carbons (Fsp3) is 0.296. The van der Waals surface area contributed by atoms with E-state index >= 15 is 4.39 Å². The van der Waals surface area contributed by atoms with Crippen molar-refractivity contribution in [2.75, 3.05) is 41.1 Å². The zero-order valence-corrected chi connectivity index (χ0v) is 24.8. The maximum Gasteiger partial charge on any atom is 0.320 e. The number of nitrogens with two attached hydrogens (primary N) is 1. The number of carboxylic acid groups (broad SMARTS) is 1. The van der Waals surface area contributed by atoms with Crippen molar-refractivity contribution >= 4 is 74.6 Å². The topological polar surface area (TPSA) is 155 Å². The van der Waals surface area contributed by atoms with Crippen LogP contribution in [0.4, 0.5) is 15.8 Å². The van der Waals surface area contributed by atoms with E-state index in [0.717, 1.165) is 27.6 Å². The van der Waals surface area contributed by atoms with Crippen LogP contribution in [0.1, 0.15) is 24.5 Å². The second-order valence-electron chi connectivity index (χ2n) is 9.52. The molecule has 0 spiro atoms. The highest BCUT2D eigenvalue weighted by atomic mass is 35.5. The zero-order valence-electron chi connectivity index (χ0n) is 22.3. The standard InChI is InChI=1S/C27H31FN6O4S.2ClH/c1-18(29)32-9-2-10-33(12-11-32)25-8-7-23(15-24(25)28)34(39(37,38)17-26(35)36)16-19-3-4-20-5-6-21(27(30)31)14-22(20)13-19;;/h3-8,13-15,29H,2,9-12,16-17H2,1H3,(H3,30,31)(H,35,36);2*1H. The maximum absolute atomic E-state index is 15.4. The predicted octanol–water partition coefficient (Wildman–Crippen LogP) is 4.04. The molecule has 1 aliphatic rings. The molecule has 0 radical (unpaired) electrons. The van der Waals surface area contributed by atoms with Crippen molar-refractivity contribution < 1.29 is 22.7 Å². The number of fused-ring (bicyclic) bond motifs is 1. The Labute approximate surface area is 250 Å². The molecule has 14 heteroatoms. The van der Waals surface area contributed by atoms with Crippen LogP contribution in [0, 0.1) is 16.6 Å². The van der Waals surface area contributed by atoms with E-state index in [1.807, 2.05) is 9.80 Å². The lowest BCUT2D eigenvalue weighted by molar-refractivity contribution is -0.134. The smallest absolute Gasteiger partial charge is 0.320 e. The van der Waals surface area contributed by atoms with Gasteiger partial charge in [0.2, 0.25) is 10.0 Å². The van der Waals surface area contributed by atoms with Gasteiger partial charge in [0.25, 0.3) is 0 Å². The third-order valence-electron chi connectivity index (χ3n) is 6.71. The molecule has 1 saturated heterocycles. The molecule has 1 fully saturated rings. The van der Waals surface area contributed by atoms with Gasteiger partial charge in [0, 0.05) is 37.8 Å². The molecule has 1 heterocycles. The van der Waals surface area contributed by atoms with E-state index in [1.165, 1.54) is 12.1 Å². The average molecular weight is 628 g/mol. The van der Waals surface area contributed by atoms with Crippen LogP contribution >= 0.6 is 24.8 Å². The third kappa shape index (κ3) is 7.99. The molecule has 0 aromatic heterocycles. The minimum absolute atomic E-state index is 0. The van der Waals surface area contributed by atoms with Crippen LogP contribution < -0.4 is 14.9 Å². The Morgan fingerprint density at radius 2 is 1.71 bits per heavy atom. The summed E-state index contributed by atoms with van der Waals surface area (Å²) in [4.78, 5) is 15.2. The van der Waals surface area contributed by atoms with E-state index in [9.17, 15) is 18.3 Å². The number of carboxylic acids is 1. The number of nitrogens with zero attached hydrogens (tertiary/aromatic N) is 3. The van der Waals surface area contributed by atoms with E-state index in [4.69, 9.17) is 16.6 Å². The number of amidine groups is 2. The second-order valence-corrected chi connectivity index (χ2v) is 11.4. The summed E-state index contributed by atoms with van der Waals surface area (Å²) in [6.07, 6.45) is 0.740. The van der Waals surface area contributed by atoms with Crippen molar-refractivity contribution in [2.45, 2.75) is 19.9 Å². The summed E-state index contributed by atoms with van der Waals surface area (Å²) in [6.45, 7) is 3.86. The number of anilines is 2. The first-order chi connectivity index (χ1) is 18.4. The van der Waals surface area contributed by atoms with E-state index in [2.05, 4.69) is 0 Å². The number of benzene rings is 3. The number of nitrogens with one attached hydrogen (secondary N) is 2. The molecular weight excluding hydrogens is 594 g/mol. The normalized spacial score (nSPS) is 13.5. The molecule has 0 saturated carbocycles. The molecule has 4 rings (SSSR count). The lowest BCUT2D eigenvalue weighted by Gasteiger charge is -2.27. The largest absolute Gasteiger partial charge is 0.480 e. The maximum atomic E-state index is 15.4. The zero-order chi connectivity index (χ0) is 28.3. The summed E-state index contributed by atoms with van der Waals surface area (Å²) in [5, 5.41) is 26.4. The fourth-order valence-electron chi connectivity index (χ4n) is 4.71. The van der Waals surface area contributed by atoms with Crippen LogP contribution in [0.15, 0.2) is 54.6 Å². The molecule has 41 heavy (non-hydrogen) atoms. The Balaban J connectivity index is 0.00000294. The van der Waals surface area contributed by atoms with E-state index in [-0.39, 0.29) is 42.9 Å². The number of halogens is 3. The van der Waals surface area contributed by atoms with Gasteiger partial charge in [0.15, 0.2) is 5.75 Å². The van der Waals surface area contributed by atoms with Crippen molar-refractivity contribution in [1.82, 2.24) is 4.90 Å². The molecule has 0 unspecified atom stereocenters. The number of aliphatic carboxylic acids is 1. The molecular formula is C27H33Cl2FN6O4S. The number of rotatable bonds is 8. The molecule has 3 aromatic rings. The highest BCUT2D eigenvalue weighted by Crippen LogP contribution is 2.30. The van der Waals surface area contributed by atoms with Gasteiger partial charge in [-0.05, 0) is 53.9 Å². The number of hydrogen-bond acceptors (Lipinski definition) is 6. The van der Waals surface area contributed by atoms with Gasteiger partial charge in [-0.2, -0.15) is 0 Å². The van der Waals surface area contributed by atoms with Gasteiger partial charge in [0.05, 0.1) is 23.8 Å². The fourth-order valence-corrected chi connectivity index (χ4v) is 5.96. The average Bonchev–Trinajstić information content (AvgIpc) is 3.12. The predicted molar refractivity (Wildman–Crippen MR) is 165 cm³/mol. The van der Waals surface area contributed by atoms with Crippen LogP contribution in [0.2, 0.25) is 0 Å². The minimum atomic E-state index is -4.36. The van der Waals surface area contributed by atoms with Crippen molar-refractivity contribution in [2.24, 2.45) is 5.73 Å². The summed E-state index contributed by atoms with van der Waals surface area (Å²) < 4.78 is 42.6. The van der Waals surface area contributed by atoms with Crippen LogP contribution in [-0.4, -0.2) is 68.0 Å². The lowest BCUT2D eigenvalue weighted by atomic mass is 10.0. The van der Waals surface area contributed by atoms with Gasteiger partial charge in [-0.1, -0.05) is 24.3 Å². The Morgan fingerprint density at radius 3 is 2.34 bits per heavy atom. The Bertz CT molecular complexity index is 1560. The molecule has 0 bridgehead atoms. The summed E-state index contributed by atoms with van der Waals surface area (Å²) in [5.41, 5.74) is 7.00. The summed E-state index contributed by atoms with van der Waals surface area (Å²) in [5.74, 6) is -2.93. The Hall–Kier alpha value is -3.61. The van der Waals surface area contributed by atoms with Gasteiger partial charge in [-0.25, -0.2) is 12.8 Å². The Morgan fingerprint density at radius 1 is 1.00 bits per heavy atom.